The van der Waals surface area contributed by atoms with E-state index < -0.39 is 0 Å². The molecule has 8 rings (SSSR count). The van der Waals surface area contributed by atoms with Gasteiger partial charge in [-0.25, -0.2) is 0 Å². The number of para-hydroxylation sites is 4. The van der Waals surface area contributed by atoms with Crippen LogP contribution in [0, 0.1) is 11.3 Å². The van der Waals surface area contributed by atoms with E-state index in [9.17, 15) is 5.26 Å². The fourth-order valence-electron chi connectivity index (χ4n) is 7.03. The lowest BCUT2D eigenvalue weighted by molar-refractivity contribution is 1.18. The summed E-state index contributed by atoms with van der Waals surface area (Å²) in [5, 5.41) is 14.3. The van der Waals surface area contributed by atoms with Gasteiger partial charge in [-0.05, 0) is 35.4 Å². The first-order chi connectivity index (χ1) is 22.8. The largest absolute Gasteiger partial charge is 0.309 e. The second-order valence-corrected chi connectivity index (χ2v) is 11.6. The third-order valence-corrected chi connectivity index (χ3v) is 9.19. The molecular formula is C37H16B7N3. The highest BCUT2D eigenvalue weighted by Crippen LogP contribution is 2.38. The summed E-state index contributed by atoms with van der Waals surface area (Å²) in [6.07, 6.45) is 0. The van der Waals surface area contributed by atoms with Gasteiger partial charge in [-0.3, -0.25) is 0 Å². The topological polar surface area (TPSA) is 33.6 Å². The molecule has 3 nitrogen and oxygen atoms in total. The first kappa shape index (κ1) is 29.3. The molecule has 47 heavy (non-hydrogen) atoms. The van der Waals surface area contributed by atoms with Crippen molar-refractivity contribution in [1.29, 1.82) is 5.26 Å². The number of nitriles is 1. The van der Waals surface area contributed by atoms with Crippen molar-refractivity contribution in [2.75, 3.05) is 0 Å². The Labute approximate surface area is 281 Å². The molecule has 0 aliphatic carbocycles. The van der Waals surface area contributed by atoms with Crippen LogP contribution in [0.25, 0.3) is 66.1 Å². The minimum absolute atomic E-state index is 0.0195. The molecule has 10 heteroatoms. The van der Waals surface area contributed by atoms with Crippen molar-refractivity contribution < 1.29 is 0 Å². The summed E-state index contributed by atoms with van der Waals surface area (Å²) >= 11 is 0. The van der Waals surface area contributed by atoms with Crippen LogP contribution in [0.2, 0.25) is 0 Å². The van der Waals surface area contributed by atoms with E-state index >= 15 is 0 Å². The van der Waals surface area contributed by atoms with Gasteiger partial charge in [-0.15, -0.1) is 10.9 Å². The van der Waals surface area contributed by atoms with E-state index in [1.807, 2.05) is 106 Å². The molecule has 0 bridgehead atoms. The maximum Gasteiger partial charge on any atom is 0.118 e. The van der Waals surface area contributed by atoms with Crippen LogP contribution in [0.1, 0.15) is 5.56 Å². The van der Waals surface area contributed by atoms with Crippen molar-refractivity contribution in [3.8, 4) is 28.6 Å². The molecule has 0 atom stereocenters. The summed E-state index contributed by atoms with van der Waals surface area (Å²) in [5.74, 6) is 0. The van der Waals surface area contributed by atoms with Gasteiger partial charge in [0.1, 0.15) is 54.9 Å². The third-order valence-electron chi connectivity index (χ3n) is 9.19. The SMILES string of the molecule is [B]c1c([B])c([B])c(-n2c3ccccc3c3ccccc32)c(-c2c([B])c([B])c(C#N)c([B])c2-n2c3ccccc3c3ccccc32)c1[B]. The Hall–Kier alpha value is -5.14. The summed E-state index contributed by atoms with van der Waals surface area (Å²) in [5.41, 5.74) is 5.90. The maximum absolute atomic E-state index is 10.3. The van der Waals surface area contributed by atoms with E-state index in [2.05, 4.69) is 6.07 Å². The third kappa shape index (κ3) is 3.96. The molecule has 0 aliphatic heterocycles. The summed E-state index contributed by atoms with van der Waals surface area (Å²) in [7, 11) is 47.7. The van der Waals surface area contributed by atoms with Crippen LogP contribution >= 0.6 is 0 Å². The van der Waals surface area contributed by atoms with Gasteiger partial charge in [-0.1, -0.05) is 100 Å². The highest BCUT2D eigenvalue weighted by Gasteiger charge is 2.28. The van der Waals surface area contributed by atoms with Gasteiger partial charge in [0.15, 0.2) is 0 Å². The van der Waals surface area contributed by atoms with Gasteiger partial charge in [-0.2, -0.15) is 5.26 Å². The number of aromatic nitrogens is 2. The van der Waals surface area contributed by atoms with Crippen LogP contribution < -0.4 is 38.2 Å². The average Bonchev–Trinajstić information content (AvgIpc) is 3.60. The molecule has 0 aliphatic rings. The Kier molecular flexibility index (Phi) is 6.67. The molecule has 200 valence electrons. The van der Waals surface area contributed by atoms with Gasteiger partial charge < -0.3 is 9.13 Å². The standard InChI is InChI=1S/C37H16B7N3/c38-29-22(17-45)30(39)36(46-23-13-5-1-9-18(23)19-10-2-6-14-24(19)46)27(31(29)40)28-32(41)33(42)34(43)35(44)37(28)47-25-15-7-3-11-20(25)21-12-4-8-16-26(21)47/h1-16H. The van der Waals surface area contributed by atoms with Gasteiger partial charge in [0.05, 0.1) is 28.1 Å². The molecular weight excluding hydrogens is 562 g/mol. The number of nitrogens with zero attached hydrogens (tertiary/aromatic N) is 3. The molecule has 2 heterocycles. The molecule has 0 spiro atoms. The van der Waals surface area contributed by atoms with Crippen molar-refractivity contribution in [3.63, 3.8) is 0 Å². The Balaban J connectivity index is 1.65. The zero-order valence-corrected chi connectivity index (χ0v) is 25.1. The van der Waals surface area contributed by atoms with E-state index in [1.54, 1.807) is 0 Å². The Morgan fingerprint density at radius 1 is 0.383 bits per heavy atom. The number of benzene rings is 6. The molecule has 0 saturated carbocycles. The molecule has 6 aromatic carbocycles. The summed E-state index contributed by atoms with van der Waals surface area (Å²) < 4.78 is 4.00. The zero-order chi connectivity index (χ0) is 32.7. The predicted octanol–water partition coefficient (Wildman–Crippen LogP) is 0.976. The molecule has 0 saturated heterocycles. The number of fused-ring (bicyclic) bond motifs is 6. The molecule has 2 aromatic heterocycles. The summed E-state index contributed by atoms with van der Waals surface area (Å²) in [6.45, 7) is 0. The van der Waals surface area contributed by atoms with Crippen LogP contribution in [0.4, 0.5) is 0 Å². The minimum Gasteiger partial charge on any atom is -0.309 e. The van der Waals surface area contributed by atoms with Crippen molar-refractivity contribution in [2.24, 2.45) is 0 Å². The van der Waals surface area contributed by atoms with E-state index in [-0.39, 0.29) is 43.8 Å². The summed E-state index contributed by atoms with van der Waals surface area (Å²) in [6, 6.07) is 34.0. The molecule has 8 aromatic rings. The first-order valence-electron chi connectivity index (χ1n) is 14.9. The molecule has 0 N–H and O–H groups in total. The van der Waals surface area contributed by atoms with Crippen LogP contribution in [0.5, 0.6) is 0 Å². The Morgan fingerprint density at radius 2 is 0.702 bits per heavy atom. The number of rotatable bonds is 3. The zero-order valence-electron chi connectivity index (χ0n) is 25.1. The maximum atomic E-state index is 10.3. The van der Waals surface area contributed by atoms with Crippen molar-refractivity contribution in [1.82, 2.24) is 9.13 Å². The van der Waals surface area contributed by atoms with E-state index in [4.69, 9.17) is 54.9 Å². The normalized spacial score (nSPS) is 11.6. The lowest BCUT2D eigenvalue weighted by atomic mass is 9.61. The fourth-order valence-corrected chi connectivity index (χ4v) is 7.03. The van der Waals surface area contributed by atoms with Crippen LogP contribution in [-0.4, -0.2) is 64.1 Å². The molecule has 0 amide bonds. The summed E-state index contributed by atoms with van der Waals surface area (Å²) in [4.78, 5) is 0. The van der Waals surface area contributed by atoms with Gasteiger partial charge in [0.2, 0.25) is 0 Å². The fraction of sp³-hybridized carbons (Fsp3) is 0. The lowest BCUT2D eigenvalue weighted by Crippen LogP contribution is -2.51. The Bertz CT molecular complexity index is 2570. The van der Waals surface area contributed by atoms with E-state index in [1.165, 1.54) is 0 Å². The monoisotopic (exact) mass is 579 g/mol. The van der Waals surface area contributed by atoms with E-state index in [0.29, 0.717) is 22.5 Å². The van der Waals surface area contributed by atoms with Crippen LogP contribution in [-0.2, 0) is 0 Å². The highest BCUT2D eigenvalue weighted by atomic mass is 15.0. The van der Waals surface area contributed by atoms with Crippen molar-refractivity contribution in [2.45, 2.75) is 0 Å². The minimum atomic E-state index is 0.0195. The van der Waals surface area contributed by atoms with Crippen molar-refractivity contribution in [3.05, 3.63) is 103 Å². The second kappa shape index (κ2) is 10.7. The van der Waals surface area contributed by atoms with Crippen LogP contribution in [0.15, 0.2) is 97.1 Å². The quantitative estimate of drug-likeness (QED) is 0.288. The second-order valence-electron chi connectivity index (χ2n) is 11.6. The average molecular weight is 578 g/mol. The smallest absolute Gasteiger partial charge is 0.118 e. The first-order valence-corrected chi connectivity index (χ1v) is 14.9. The van der Waals surface area contributed by atoms with Gasteiger partial charge in [0.25, 0.3) is 0 Å². The number of hydrogen-bond donors (Lipinski definition) is 0. The van der Waals surface area contributed by atoms with Crippen LogP contribution in [0.3, 0.4) is 0 Å². The van der Waals surface area contributed by atoms with Gasteiger partial charge >= 0.3 is 0 Å². The lowest BCUT2D eigenvalue weighted by Gasteiger charge is -2.30. The predicted molar refractivity (Wildman–Crippen MR) is 203 cm³/mol. The molecule has 0 unspecified atom stereocenters. The van der Waals surface area contributed by atoms with E-state index in [0.717, 1.165) is 43.6 Å². The number of hydrogen-bond acceptors (Lipinski definition) is 1. The Morgan fingerprint density at radius 3 is 1.09 bits per heavy atom. The molecule has 0 fully saturated rings. The molecule has 14 radical (unpaired) electrons. The van der Waals surface area contributed by atoms with Crippen molar-refractivity contribution >= 4 is 137 Å². The highest BCUT2D eigenvalue weighted by molar-refractivity contribution is 6.65. The van der Waals surface area contributed by atoms with Gasteiger partial charge in [0, 0.05) is 38.5 Å².